The maximum Gasteiger partial charge on any atom is 0.292 e. The smallest absolute Gasteiger partial charge is 0.292 e. The van der Waals surface area contributed by atoms with Crippen LogP contribution in [0.2, 0.25) is 0 Å². The van der Waals surface area contributed by atoms with Crippen LogP contribution in [0.5, 0.6) is 0 Å². The molecule has 3 atom stereocenters. The minimum atomic E-state index is -0.475. The lowest BCUT2D eigenvalue weighted by Gasteiger charge is -2.32. The maximum atomic E-state index is 12.8. The summed E-state index contributed by atoms with van der Waals surface area (Å²) in [5.41, 5.74) is 1.18. The standard InChI is InChI=1S/C21H22N4O3S/c1-14(20(26)22-16-8-2-4-10-18(16)25(27)28)24-12-6-7-15(13-24)21-23-17-9-3-5-11-19(17)29-21/h2-5,8-11,14-15H,6-7,12-13H2,1H3,(H,22,26)/p+1/t14-,15-/m0/s1. The van der Waals surface area contributed by atoms with Crippen molar-refractivity contribution >= 4 is 38.8 Å². The highest BCUT2D eigenvalue weighted by Gasteiger charge is 2.33. The number of benzene rings is 2. The van der Waals surface area contributed by atoms with Crippen LogP contribution in [-0.4, -0.2) is 34.9 Å². The van der Waals surface area contributed by atoms with E-state index in [9.17, 15) is 14.9 Å². The van der Waals surface area contributed by atoms with E-state index >= 15 is 0 Å². The van der Waals surface area contributed by atoms with Gasteiger partial charge in [0.2, 0.25) is 0 Å². The Morgan fingerprint density at radius 2 is 2.03 bits per heavy atom. The summed E-state index contributed by atoms with van der Waals surface area (Å²) in [7, 11) is 0. The predicted molar refractivity (Wildman–Crippen MR) is 113 cm³/mol. The Hall–Kier alpha value is -2.84. The molecule has 2 N–H and O–H groups in total. The first-order valence-corrected chi connectivity index (χ1v) is 10.6. The fourth-order valence-corrected chi connectivity index (χ4v) is 5.03. The van der Waals surface area contributed by atoms with Gasteiger partial charge in [-0.2, -0.15) is 0 Å². The van der Waals surface area contributed by atoms with Gasteiger partial charge in [0.15, 0.2) is 6.04 Å². The SMILES string of the molecule is C[C@@H](C(=O)Nc1ccccc1[N+](=O)[O-])[NH+]1CCC[C@H](c2nc3ccccc3s2)C1. The summed E-state index contributed by atoms with van der Waals surface area (Å²) < 4.78 is 1.19. The van der Waals surface area contributed by atoms with Gasteiger partial charge in [-0.15, -0.1) is 11.3 Å². The third kappa shape index (κ3) is 4.13. The first kappa shape index (κ1) is 19.5. The van der Waals surface area contributed by atoms with E-state index < -0.39 is 4.92 Å². The molecule has 1 aromatic heterocycles. The van der Waals surface area contributed by atoms with Crippen molar-refractivity contribution in [3.63, 3.8) is 0 Å². The van der Waals surface area contributed by atoms with E-state index in [2.05, 4.69) is 11.4 Å². The number of likely N-dealkylation sites (tertiary alicyclic amines) is 1. The van der Waals surface area contributed by atoms with Crippen molar-refractivity contribution in [3.05, 3.63) is 63.7 Å². The third-order valence-electron chi connectivity index (χ3n) is 5.58. The number of hydrogen-bond acceptors (Lipinski definition) is 5. The van der Waals surface area contributed by atoms with E-state index in [1.165, 1.54) is 15.7 Å². The number of fused-ring (bicyclic) bond motifs is 1. The zero-order valence-corrected chi connectivity index (χ0v) is 16.9. The van der Waals surface area contributed by atoms with E-state index in [4.69, 9.17) is 4.98 Å². The molecule has 7 nitrogen and oxygen atoms in total. The normalized spacial score (nSPS) is 20.3. The van der Waals surface area contributed by atoms with Crippen LogP contribution in [0.4, 0.5) is 11.4 Å². The molecule has 1 aliphatic rings. The lowest BCUT2D eigenvalue weighted by Crippen LogP contribution is -3.17. The summed E-state index contributed by atoms with van der Waals surface area (Å²) in [5, 5.41) is 15.1. The zero-order valence-electron chi connectivity index (χ0n) is 16.1. The Labute approximate surface area is 172 Å². The second-order valence-electron chi connectivity index (χ2n) is 7.46. The Bertz CT molecular complexity index is 1020. The van der Waals surface area contributed by atoms with E-state index in [1.54, 1.807) is 29.5 Å². The first-order valence-electron chi connectivity index (χ1n) is 9.77. The highest BCUT2D eigenvalue weighted by Crippen LogP contribution is 2.30. The largest absolute Gasteiger partial charge is 0.324 e. The summed E-state index contributed by atoms with van der Waals surface area (Å²) in [5.74, 6) is 0.136. The highest BCUT2D eigenvalue weighted by atomic mass is 32.1. The van der Waals surface area contributed by atoms with Gasteiger partial charge in [-0.05, 0) is 38.0 Å². The number of nitro groups is 1. The number of nitrogens with one attached hydrogen (secondary N) is 2. The average Bonchev–Trinajstić information content (AvgIpc) is 3.18. The summed E-state index contributed by atoms with van der Waals surface area (Å²) in [4.78, 5) is 29.5. The molecule has 0 radical (unpaired) electrons. The minimum Gasteiger partial charge on any atom is -0.324 e. The first-order chi connectivity index (χ1) is 14.0. The van der Waals surface area contributed by atoms with Crippen LogP contribution < -0.4 is 10.2 Å². The zero-order chi connectivity index (χ0) is 20.4. The van der Waals surface area contributed by atoms with Gasteiger partial charge in [-0.25, -0.2) is 4.98 Å². The Balaban J connectivity index is 1.46. The number of para-hydroxylation sites is 3. The van der Waals surface area contributed by atoms with E-state index in [1.807, 2.05) is 25.1 Å². The molecule has 8 heteroatoms. The van der Waals surface area contributed by atoms with Gasteiger partial charge in [-0.3, -0.25) is 14.9 Å². The highest BCUT2D eigenvalue weighted by molar-refractivity contribution is 7.18. The summed E-state index contributed by atoms with van der Waals surface area (Å²) in [6, 6.07) is 14.1. The van der Waals surface area contributed by atoms with Crippen molar-refractivity contribution in [3.8, 4) is 0 Å². The van der Waals surface area contributed by atoms with Crippen LogP contribution in [0.3, 0.4) is 0 Å². The lowest BCUT2D eigenvalue weighted by atomic mass is 9.97. The van der Waals surface area contributed by atoms with E-state index in [0.717, 1.165) is 36.5 Å². The van der Waals surface area contributed by atoms with Crippen LogP contribution in [0.1, 0.15) is 30.7 Å². The number of anilines is 1. The fraction of sp³-hybridized carbons (Fsp3) is 0.333. The topological polar surface area (TPSA) is 89.6 Å². The number of hydrogen-bond donors (Lipinski definition) is 2. The molecule has 0 bridgehead atoms. The number of nitro benzene ring substituents is 1. The summed E-state index contributed by atoms with van der Waals surface area (Å²) >= 11 is 1.73. The Morgan fingerprint density at radius 1 is 1.28 bits per heavy atom. The number of aromatic nitrogens is 1. The molecule has 150 valence electrons. The van der Waals surface area contributed by atoms with Gasteiger partial charge < -0.3 is 10.2 Å². The molecule has 0 aliphatic carbocycles. The molecule has 1 aliphatic heterocycles. The molecular weight excluding hydrogens is 388 g/mol. The molecule has 1 unspecified atom stereocenters. The predicted octanol–water partition coefficient (Wildman–Crippen LogP) is 2.99. The minimum absolute atomic E-state index is 0.0888. The van der Waals surface area contributed by atoms with Gasteiger partial charge in [0.25, 0.3) is 11.6 Å². The number of carbonyl (C=O) groups is 1. The molecule has 2 aromatic carbocycles. The molecule has 4 rings (SSSR count). The Morgan fingerprint density at radius 3 is 2.83 bits per heavy atom. The van der Waals surface area contributed by atoms with Gasteiger partial charge in [0.05, 0.1) is 34.1 Å². The Kier molecular flexibility index (Phi) is 5.55. The molecular formula is C21H23N4O3S+. The molecule has 0 spiro atoms. The average molecular weight is 412 g/mol. The number of rotatable bonds is 5. The molecule has 1 saturated heterocycles. The number of amides is 1. The van der Waals surface area contributed by atoms with E-state index in [-0.39, 0.29) is 23.3 Å². The van der Waals surface area contributed by atoms with E-state index in [0.29, 0.717) is 5.92 Å². The molecule has 29 heavy (non-hydrogen) atoms. The van der Waals surface area contributed by atoms with Crippen molar-refractivity contribution in [2.45, 2.75) is 31.7 Å². The lowest BCUT2D eigenvalue weighted by molar-refractivity contribution is -0.920. The summed E-state index contributed by atoms with van der Waals surface area (Å²) in [6.07, 6.45) is 2.10. The fourth-order valence-electron chi connectivity index (χ4n) is 3.93. The van der Waals surface area contributed by atoms with Gasteiger partial charge in [0, 0.05) is 6.07 Å². The molecule has 3 aromatic rings. The van der Waals surface area contributed by atoms with Crippen LogP contribution in [0.25, 0.3) is 10.2 Å². The number of piperidine rings is 1. The van der Waals surface area contributed by atoms with Gasteiger partial charge >= 0.3 is 0 Å². The second kappa shape index (κ2) is 8.26. The van der Waals surface area contributed by atoms with Crippen molar-refractivity contribution < 1.29 is 14.6 Å². The van der Waals surface area contributed by atoms with Crippen LogP contribution >= 0.6 is 11.3 Å². The third-order valence-corrected chi connectivity index (χ3v) is 6.78. The molecule has 1 fully saturated rings. The van der Waals surface area contributed by atoms with Gasteiger partial charge in [-0.1, -0.05) is 24.3 Å². The van der Waals surface area contributed by atoms with Crippen LogP contribution in [0.15, 0.2) is 48.5 Å². The number of carbonyl (C=O) groups excluding carboxylic acids is 1. The van der Waals surface area contributed by atoms with Crippen LogP contribution in [0, 0.1) is 10.1 Å². The second-order valence-corrected chi connectivity index (χ2v) is 8.52. The molecule has 2 heterocycles. The number of thiazole rings is 1. The van der Waals surface area contributed by atoms with Crippen molar-refractivity contribution in [1.82, 2.24) is 4.98 Å². The number of quaternary nitrogens is 1. The quantitative estimate of drug-likeness (QED) is 0.499. The molecule has 0 saturated carbocycles. The maximum absolute atomic E-state index is 12.8. The van der Waals surface area contributed by atoms with Crippen LogP contribution in [-0.2, 0) is 4.79 Å². The van der Waals surface area contributed by atoms with Crippen molar-refractivity contribution in [2.24, 2.45) is 0 Å². The van der Waals surface area contributed by atoms with Gasteiger partial charge in [0.1, 0.15) is 10.7 Å². The van der Waals surface area contributed by atoms with Crippen molar-refractivity contribution in [2.75, 3.05) is 18.4 Å². The summed E-state index contributed by atoms with van der Waals surface area (Å²) in [6.45, 7) is 3.64. The monoisotopic (exact) mass is 411 g/mol. The van der Waals surface area contributed by atoms with Crippen molar-refractivity contribution in [1.29, 1.82) is 0 Å². The number of nitrogens with zero attached hydrogens (tertiary/aromatic N) is 2. The molecule has 1 amide bonds.